The van der Waals surface area contributed by atoms with Crippen molar-refractivity contribution >= 4 is 18.2 Å². The highest BCUT2D eigenvalue weighted by Crippen LogP contribution is 2.09. The van der Waals surface area contributed by atoms with Gasteiger partial charge in [0.1, 0.15) is 12.4 Å². The largest absolute Gasteiger partial charge is 0.489 e. The van der Waals surface area contributed by atoms with Gasteiger partial charge in [0.2, 0.25) is 0 Å². The van der Waals surface area contributed by atoms with Gasteiger partial charge >= 0.3 is 0 Å². The van der Waals surface area contributed by atoms with Crippen molar-refractivity contribution in [2.45, 2.75) is 0 Å². The Morgan fingerprint density at radius 3 is 3.17 bits per heavy atom. The second kappa shape index (κ2) is 2.01. The third-order valence-electron chi connectivity index (χ3n) is 2.35. The first-order chi connectivity index (χ1) is 5.95. The van der Waals surface area contributed by atoms with Crippen LogP contribution in [0.3, 0.4) is 0 Å². The van der Waals surface area contributed by atoms with Crippen LogP contribution in [0.15, 0.2) is 18.2 Å². The Balaban J connectivity index is 2.54. The van der Waals surface area contributed by atoms with Gasteiger partial charge in [-0.3, -0.25) is 0 Å². The standard InChI is InChI=1S/C11H8O/c1-2-8-4-5-11-10(6-7-12-11)9(8)3-1/h1-6H,7H2. The summed E-state index contributed by atoms with van der Waals surface area (Å²) in [6.07, 6.45) is 8.48. The maximum atomic E-state index is 5.42. The summed E-state index contributed by atoms with van der Waals surface area (Å²) < 4.78 is 5.42. The van der Waals surface area contributed by atoms with E-state index < -0.39 is 0 Å². The molecule has 1 aromatic rings. The molecule has 1 nitrogen and oxygen atoms in total. The summed E-state index contributed by atoms with van der Waals surface area (Å²) in [6, 6.07) is 4.15. The molecule has 1 aromatic carbocycles. The average molecular weight is 156 g/mol. The van der Waals surface area contributed by atoms with Crippen molar-refractivity contribution in [1.29, 1.82) is 0 Å². The molecular weight excluding hydrogens is 148 g/mol. The molecule has 0 atom stereocenters. The van der Waals surface area contributed by atoms with Crippen LogP contribution in [-0.2, 0) is 0 Å². The number of benzene rings is 1. The molecule has 3 rings (SSSR count). The second-order valence-corrected chi connectivity index (χ2v) is 3.02. The van der Waals surface area contributed by atoms with Gasteiger partial charge in [-0.15, -0.1) is 0 Å². The molecule has 1 aliphatic heterocycles. The molecule has 0 saturated carbocycles. The van der Waals surface area contributed by atoms with Crippen molar-refractivity contribution < 1.29 is 4.74 Å². The Morgan fingerprint density at radius 2 is 2.17 bits per heavy atom. The fourth-order valence-corrected chi connectivity index (χ4v) is 1.76. The third-order valence-corrected chi connectivity index (χ3v) is 2.35. The number of fused-ring (bicyclic) bond motifs is 3. The van der Waals surface area contributed by atoms with Crippen molar-refractivity contribution in [2.75, 3.05) is 6.61 Å². The number of rotatable bonds is 0. The molecule has 0 unspecified atom stereocenters. The third kappa shape index (κ3) is 0.632. The predicted molar refractivity (Wildman–Crippen MR) is 49.2 cm³/mol. The predicted octanol–water partition coefficient (Wildman–Crippen LogP) is 0.667. The van der Waals surface area contributed by atoms with E-state index in [1.807, 2.05) is 6.07 Å². The Morgan fingerprint density at radius 1 is 1.17 bits per heavy atom. The molecular formula is C11H8O. The SMILES string of the molecule is C1=Cc2ccc3c(c2=C1)=CCO3. The van der Waals surface area contributed by atoms with Crippen LogP contribution < -0.4 is 15.2 Å². The van der Waals surface area contributed by atoms with Crippen LogP contribution in [-0.4, -0.2) is 6.61 Å². The molecule has 1 heterocycles. The lowest BCUT2D eigenvalue weighted by Gasteiger charge is -1.97. The summed E-state index contributed by atoms with van der Waals surface area (Å²) in [4.78, 5) is 0. The highest BCUT2D eigenvalue weighted by Gasteiger charge is 2.07. The van der Waals surface area contributed by atoms with E-state index in [0.29, 0.717) is 0 Å². The van der Waals surface area contributed by atoms with Crippen LogP contribution in [0.25, 0.3) is 18.2 Å². The fourth-order valence-electron chi connectivity index (χ4n) is 1.76. The Bertz CT molecular complexity index is 480. The number of ether oxygens (including phenoxy) is 1. The molecule has 0 aromatic heterocycles. The first-order valence-corrected chi connectivity index (χ1v) is 4.09. The zero-order chi connectivity index (χ0) is 7.97. The molecule has 0 radical (unpaired) electrons. The van der Waals surface area contributed by atoms with E-state index in [9.17, 15) is 0 Å². The van der Waals surface area contributed by atoms with E-state index in [0.717, 1.165) is 12.4 Å². The van der Waals surface area contributed by atoms with Gasteiger partial charge in [0.15, 0.2) is 0 Å². The lowest BCUT2D eigenvalue weighted by molar-refractivity contribution is 0.385. The minimum atomic E-state index is 0.722. The lowest BCUT2D eigenvalue weighted by Crippen LogP contribution is -2.24. The summed E-state index contributed by atoms with van der Waals surface area (Å²) in [7, 11) is 0. The molecule has 0 saturated heterocycles. The van der Waals surface area contributed by atoms with Crippen LogP contribution in [0.5, 0.6) is 5.75 Å². The van der Waals surface area contributed by atoms with Gasteiger partial charge in [0.25, 0.3) is 0 Å². The summed E-state index contributed by atoms with van der Waals surface area (Å²) in [6.45, 7) is 0.722. The quantitative estimate of drug-likeness (QED) is 0.536. The highest BCUT2D eigenvalue weighted by molar-refractivity contribution is 5.68. The summed E-state index contributed by atoms with van der Waals surface area (Å²) in [5, 5.41) is 2.57. The topological polar surface area (TPSA) is 9.23 Å². The van der Waals surface area contributed by atoms with E-state index in [4.69, 9.17) is 4.74 Å². The van der Waals surface area contributed by atoms with Gasteiger partial charge in [0.05, 0.1) is 0 Å². The summed E-state index contributed by atoms with van der Waals surface area (Å²) in [5.41, 5.74) is 1.30. The van der Waals surface area contributed by atoms with Crippen molar-refractivity contribution in [2.24, 2.45) is 0 Å². The highest BCUT2D eigenvalue weighted by atomic mass is 16.5. The first kappa shape index (κ1) is 6.06. The van der Waals surface area contributed by atoms with Gasteiger partial charge in [-0.05, 0) is 22.9 Å². The molecule has 0 bridgehead atoms. The van der Waals surface area contributed by atoms with Crippen molar-refractivity contribution in [1.82, 2.24) is 0 Å². The van der Waals surface area contributed by atoms with Crippen molar-refractivity contribution in [3.8, 4) is 5.75 Å². The Kier molecular flexibility index (Phi) is 1.01. The number of hydrogen-bond donors (Lipinski definition) is 0. The molecule has 0 fully saturated rings. The Labute approximate surface area is 70.3 Å². The van der Waals surface area contributed by atoms with Gasteiger partial charge in [-0.25, -0.2) is 0 Å². The van der Waals surface area contributed by atoms with E-state index in [2.05, 4.69) is 30.4 Å². The van der Waals surface area contributed by atoms with E-state index in [1.54, 1.807) is 0 Å². The van der Waals surface area contributed by atoms with Crippen molar-refractivity contribution in [3.63, 3.8) is 0 Å². The zero-order valence-electron chi connectivity index (χ0n) is 6.58. The van der Waals surface area contributed by atoms with Gasteiger partial charge in [-0.2, -0.15) is 0 Å². The first-order valence-electron chi connectivity index (χ1n) is 4.09. The lowest BCUT2D eigenvalue weighted by atomic mass is 10.1. The molecule has 0 amide bonds. The van der Waals surface area contributed by atoms with Crippen LogP contribution in [0.4, 0.5) is 0 Å². The minimum Gasteiger partial charge on any atom is -0.489 e. The molecule has 1 heteroatoms. The number of allylic oxidation sites excluding steroid dienone is 1. The molecule has 2 aliphatic rings. The van der Waals surface area contributed by atoms with Gasteiger partial charge in [0, 0.05) is 5.22 Å². The second-order valence-electron chi connectivity index (χ2n) is 3.02. The fraction of sp³-hybridized carbons (Fsp3) is 0.0909. The van der Waals surface area contributed by atoms with E-state index >= 15 is 0 Å². The smallest absolute Gasteiger partial charge is 0.127 e. The minimum absolute atomic E-state index is 0.722. The molecule has 1 aliphatic carbocycles. The van der Waals surface area contributed by atoms with Crippen LogP contribution in [0.1, 0.15) is 5.56 Å². The van der Waals surface area contributed by atoms with E-state index in [-0.39, 0.29) is 0 Å². The normalized spacial score (nSPS) is 16.0. The van der Waals surface area contributed by atoms with E-state index in [1.165, 1.54) is 16.0 Å². The van der Waals surface area contributed by atoms with Crippen molar-refractivity contribution in [3.05, 3.63) is 34.2 Å². The van der Waals surface area contributed by atoms with Crippen LogP contribution in [0, 0.1) is 0 Å². The van der Waals surface area contributed by atoms with Gasteiger partial charge in [-0.1, -0.05) is 24.3 Å². The van der Waals surface area contributed by atoms with Crippen LogP contribution in [0.2, 0.25) is 0 Å². The molecule has 58 valence electrons. The summed E-state index contributed by atoms with van der Waals surface area (Å²) in [5.74, 6) is 1.02. The Hall–Kier alpha value is -1.50. The molecule has 12 heavy (non-hydrogen) atoms. The van der Waals surface area contributed by atoms with Gasteiger partial charge < -0.3 is 4.74 Å². The summed E-state index contributed by atoms with van der Waals surface area (Å²) >= 11 is 0. The monoisotopic (exact) mass is 156 g/mol. The maximum absolute atomic E-state index is 5.42. The molecule has 0 spiro atoms. The zero-order valence-corrected chi connectivity index (χ0v) is 6.58. The maximum Gasteiger partial charge on any atom is 0.127 e. The number of hydrogen-bond acceptors (Lipinski definition) is 1. The average Bonchev–Trinajstić information content (AvgIpc) is 2.71. The van der Waals surface area contributed by atoms with Crippen LogP contribution >= 0.6 is 0 Å². The molecule has 0 N–H and O–H groups in total.